The molecule has 0 aliphatic carbocycles. The number of aryl methyl sites for hydroxylation is 1. The van der Waals surface area contributed by atoms with Crippen molar-refractivity contribution in [2.75, 3.05) is 5.32 Å². The fourth-order valence-electron chi connectivity index (χ4n) is 3.17. The number of anilines is 1. The van der Waals surface area contributed by atoms with Crippen molar-refractivity contribution in [3.8, 4) is 5.75 Å². The maximum absolute atomic E-state index is 12.4. The summed E-state index contributed by atoms with van der Waals surface area (Å²) in [5.74, 6) is 0.418. The SMILES string of the molecule is Cc1ccc(COc2ccc(C=C3C(=O)Nc4ccc(S(N)(=O)=O)cc43)cc2)cc1. The summed E-state index contributed by atoms with van der Waals surface area (Å²) < 4.78 is 29.1. The number of hydrogen-bond donors (Lipinski definition) is 2. The van der Waals surface area contributed by atoms with E-state index in [0.29, 0.717) is 29.2 Å². The minimum Gasteiger partial charge on any atom is -0.489 e. The number of hydrogen-bond acceptors (Lipinski definition) is 4. The van der Waals surface area contributed by atoms with Crippen molar-refractivity contribution in [2.24, 2.45) is 5.14 Å². The maximum atomic E-state index is 12.4. The molecule has 3 aromatic carbocycles. The molecule has 0 bridgehead atoms. The average molecular weight is 420 g/mol. The Hall–Kier alpha value is -3.42. The zero-order valence-corrected chi connectivity index (χ0v) is 17.1. The van der Waals surface area contributed by atoms with Crippen LogP contribution < -0.4 is 15.2 Å². The third-order valence-corrected chi connectivity index (χ3v) is 5.73. The normalized spacial score (nSPS) is 14.5. The molecule has 1 amide bonds. The largest absolute Gasteiger partial charge is 0.489 e. The number of carbonyl (C=O) groups is 1. The lowest BCUT2D eigenvalue weighted by Gasteiger charge is -2.07. The first kappa shape index (κ1) is 19.9. The van der Waals surface area contributed by atoms with Crippen LogP contribution in [0.15, 0.2) is 71.6 Å². The minimum absolute atomic E-state index is 0.0384. The molecule has 0 aromatic heterocycles. The summed E-state index contributed by atoms with van der Waals surface area (Å²) in [5.41, 5.74) is 4.50. The van der Waals surface area contributed by atoms with Crippen LogP contribution in [0, 0.1) is 6.92 Å². The Morgan fingerprint density at radius 3 is 2.37 bits per heavy atom. The minimum atomic E-state index is -3.86. The first-order valence-corrected chi connectivity index (χ1v) is 10.8. The van der Waals surface area contributed by atoms with Gasteiger partial charge >= 0.3 is 0 Å². The number of amides is 1. The van der Waals surface area contributed by atoms with Gasteiger partial charge < -0.3 is 10.1 Å². The third-order valence-electron chi connectivity index (χ3n) is 4.82. The third kappa shape index (κ3) is 4.27. The van der Waals surface area contributed by atoms with Crippen molar-refractivity contribution in [3.05, 3.63) is 89.0 Å². The average Bonchev–Trinajstić information content (AvgIpc) is 3.02. The van der Waals surface area contributed by atoms with Gasteiger partial charge in [-0.15, -0.1) is 0 Å². The second-order valence-corrected chi connectivity index (χ2v) is 8.67. The van der Waals surface area contributed by atoms with Gasteiger partial charge in [0.25, 0.3) is 5.91 Å². The van der Waals surface area contributed by atoms with Gasteiger partial charge in [-0.3, -0.25) is 4.79 Å². The first-order chi connectivity index (χ1) is 14.3. The van der Waals surface area contributed by atoms with Crippen LogP contribution in [-0.4, -0.2) is 14.3 Å². The molecule has 1 aliphatic rings. The number of rotatable bonds is 5. The van der Waals surface area contributed by atoms with Crippen LogP contribution in [0.1, 0.15) is 22.3 Å². The molecule has 1 aliphatic heterocycles. The highest BCUT2D eigenvalue weighted by molar-refractivity contribution is 7.89. The van der Waals surface area contributed by atoms with Gasteiger partial charge in [-0.2, -0.15) is 0 Å². The Bertz CT molecular complexity index is 1250. The molecule has 0 radical (unpaired) electrons. The number of carbonyl (C=O) groups excluding carboxylic acids is 1. The summed E-state index contributed by atoms with van der Waals surface area (Å²) in [4.78, 5) is 12.3. The molecule has 0 spiro atoms. The number of benzene rings is 3. The van der Waals surface area contributed by atoms with Gasteiger partial charge in [0.1, 0.15) is 12.4 Å². The van der Waals surface area contributed by atoms with E-state index in [9.17, 15) is 13.2 Å². The van der Waals surface area contributed by atoms with E-state index in [2.05, 4.69) is 5.32 Å². The van der Waals surface area contributed by atoms with E-state index in [4.69, 9.17) is 9.88 Å². The second-order valence-electron chi connectivity index (χ2n) is 7.11. The monoisotopic (exact) mass is 420 g/mol. The molecule has 0 saturated carbocycles. The highest BCUT2D eigenvalue weighted by Gasteiger charge is 2.25. The zero-order valence-electron chi connectivity index (χ0n) is 16.3. The van der Waals surface area contributed by atoms with Crippen molar-refractivity contribution in [3.63, 3.8) is 0 Å². The number of nitrogens with two attached hydrogens (primary N) is 1. The predicted molar refractivity (Wildman–Crippen MR) is 116 cm³/mol. The summed E-state index contributed by atoms with van der Waals surface area (Å²) in [6, 6.07) is 19.8. The summed E-state index contributed by atoms with van der Waals surface area (Å²) in [7, 11) is -3.86. The molecule has 0 saturated heterocycles. The summed E-state index contributed by atoms with van der Waals surface area (Å²) in [6.07, 6.45) is 1.71. The van der Waals surface area contributed by atoms with E-state index in [1.807, 2.05) is 55.5 Å². The Morgan fingerprint density at radius 1 is 1.00 bits per heavy atom. The Morgan fingerprint density at radius 2 is 1.70 bits per heavy atom. The standard InChI is InChI=1S/C23H20N2O4S/c1-15-2-4-17(5-3-15)14-29-18-8-6-16(7-9-18)12-21-20-13-19(30(24,27)28)10-11-22(20)25-23(21)26/h2-13H,14H2,1H3,(H,25,26)(H2,24,27,28). The molecular formula is C23H20N2O4S. The van der Waals surface area contributed by atoms with Crippen LogP contribution >= 0.6 is 0 Å². The van der Waals surface area contributed by atoms with Gasteiger partial charge in [-0.25, -0.2) is 13.6 Å². The van der Waals surface area contributed by atoms with Crippen LogP contribution in [-0.2, 0) is 21.4 Å². The first-order valence-electron chi connectivity index (χ1n) is 9.28. The van der Waals surface area contributed by atoms with E-state index < -0.39 is 10.0 Å². The van der Waals surface area contributed by atoms with E-state index in [1.165, 1.54) is 23.8 Å². The molecule has 1 heterocycles. The van der Waals surface area contributed by atoms with E-state index in [-0.39, 0.29) is 10.8 Å². The van der Waals surface area contributed by atoms with Gasteiger partial charge in [0, 0.05) is 16.8 Å². The summed E-state index contributed by atoms with van der Waals surface area (Å²) in [5, 5.41) is 7.94. The van der Waals surface area contributed by atoms with Crippen LogP contribution in [0.25, 0.3) is 11.6 Å². The second kappa shape index (κ2) is 7.78. The molecule has 7 heteroatoms. The van der Waals surface area contributed by atoms with Crippen molar-refractivity contribution in [1.82, 2.24) is 0 Å². The van der Waals surface area contributed by atoms with Crippen molar-refractivity contribution in [2.45, 2.75) is 18.4 Å². The van der Waals surface area contributed by atoms with Gasteiger partial charge in [0.15, 0.2) is 0 Å². The van der Waals surface area contributed by atoms with Crippen LogP contribution in [0.4, 0.5) is 5.69 Å². The number of nitrogens with one attached hydrogen (secondary N) is 1. The molecule has 4 rings (SSSR count). The zero-order chi connectivity index (χ0) is 21.3. The van der Waals surface area contributed by atoms with Crippen molar-refractivity contribution >= 4 is 33.3 Å². The molecule has 6 nitrogen and oxygen atoms in total. The Balaban J connectivity index is 1.54. The summed E-state index contributed by atoms with van der Waals surface area (Å²) >= 11 is 0. The predicted octanol–water partition coefficient (Wildman–Crippen LogP) is 3.71. The van der Waals surface area contributed by atoms with Gasteiger partial charge in [0.2, 0.25) is 10.0 Å². The lowest BCUT2D eigenvalue weighted by atomic mass is 10.0. The Labute approximate surface area is 175 Å². The fraction of sp³-hybridized carbons (Fsp3) is 0.0870. The lowest BCUT2D eigenvalue weighted by molar-refractivity contribution is -0.110. The quantitative estimate of drug-likeness (QED) is 0.615. The molecule has 0 fully saturated rings. The molecule has 0 unspecified atom stereocenters. The van der Waals surface area contributed by atoms with Crippen LogP contribution in [0.5, 0.6) is 5.75 Å². The van der Waals surface area contributed by atoms with Crippen molar-refractivity contribution < 1.29 is 17.9 Å². The topological polar surface area (TPSA) is 98.5 Å². The van der Waals surface area contributed by atoms with Gasteiger partial charge in [-0.05, 0) is 54.5 Å². The molecule has 30 heavy (non-hydrogen) atoms. The van der Waals surface area contributed by atoms with E-state index in [1.54, 1.807) is 6.08 Å². The Kier molecular flexibility index (Phi) is 5.15. The smallest absolute Gasteiger partial charge is 0.256 e. The van der Waals surface area contributed by atoms with E-state index in [0.717, 1.165) is 11.1 Å². The molecule has 0 atom stereocenters. The number of fused-ring (bicyclic) bond motifs is 1. The molecule has 152 valence electrons. The number of primary sulfonamides is 1. The highest BCUT2D eigenvalue weighted by atomic mass is 32.2. The highest BCUT2D eigenvalue weighted by Crippen LogP contribution is 2.34. The number of sulfonamides is 1. The maximum Gasteiger partial charge on any atom is 0.256 e. The van der Waals surface area contributed by atoms with E-state index >= 15 is 0 Å². The lowest BCUT2D eigenvalue weighted by Crippen LogP contribution is -2.12. The molecular weight excluding hydrogens is 400 g/mol. The van der Waals surface area contributed by atoms with Gasteiger partial charge in [0.05, 0.1) is 4.90 Å². The van der Waals surface area contributed by atoms with Crippen LogP contribution in [0.2, 0.25) is 0 Å². The fourth-order valence-corrected chi connectivity index (χ4v) is 3.71. The molecule has 3 aromatic rings. The van der Waals surface area contributed by atoms with Crippen molar-refractivity contribution in [1.29, 1.82) is 0 Å². The van der Waals surface area contributed by atoms with Gasteiger partial charge in [-0.1, -0.05) is 42.0 Å². The molecule has 3 N–H and O–H groups in total. The van der Waals surface area contributed by atoms with Crippen LogP contribution in [0.3, 0.4) is 0 Å². The number of ether oxygens (including phenoxy) is 1. The summed E-state index contributed by atoms with van der Waals surface area (Å²) in [6.45, 7) is 2.50.